The van der Waals surface area contributed by atoms with Crippen LogP contribution in [-0.4, -0.2) is 11.9 Å². The Morgan fingerprint density at radius 2 is 1.81 bits per heavy atom. The highest BCUT2D eigenvalue weighted by Gasteiger charge is 2.12. The van der Waals surface area contributed by atoms with Crippen LogP contribution in [0.25, 0.3) is 10.9 Å². The number of benzene rings is 1. The molecule has 0 saturated carbocycles. The van der Waals surface area contributed by atoms with Crippen molar-refractivity contribution in [3.05, 3.63) is 36.4 Å². The van der Waals surface area contributed by atoms with Gasteiger partial charge in [-0.1, -0.05) is 24.3 Å². The van der Waals surface area contributed by atoms with E-state index in [4.69, 9.17) is 0 Å². The average Bonchev–Trinajstić information content (AvgIpc) is 2.28. The molecule has 0 aliphatic heterocycles. The zero-order chi connectivity index (χ0) is 11.8. The number of nitrogens with zero attached hydrogens (tertiary/aromatic N) is 1. The highest BCUT2D eigenvalue weighted by molar-refractivity contribution is 9.55. The van der Waals surface area contributed by atoms with Gasteiger partial charge in [-0.25, -0.2) is 9.19 Å². The minimum atomic E-state index is -2.47. The molecule has 84 valence electrons. The zero-order valence-corrected chi connectivity index (χ0v) is 13.4. The minimum Gasteiger partial charge on any atom is -0.248 e. The van der Waals surface area contributed by atoms with Crippen LogP contribution in [0.5, 0.6) is 0 Å². The third-order valence-electron chi connectivity index (χ3n) is 2.04. The van der Waals surface area contributed by atoms with E-state index in [0.29, 0.717) is 7.71 Å². The van der Waals surface area contributed by atoms with Crippen molar-refractivity contribution >= 4 is 68.2 Å². The summed E-state index contributed by atoms with van der Waals surface area (Å²) < 4.78 is 12.7. The van der Waals surface area contributed by atoms with Crippen LogP contribution in [0, 0.1) is 0 Å². The van der Waals surface area contributed by atoms with Crippen molar-refractivity contribution in [3.8, 4) is 0 Å². The molecule has 1 aromatic heterocycles. The van der Waals surface area contributed by atoms with E-state index in [1.807, 2.05) is 30.3 Å². The Kier molecular flexibility index (Phi) is 3.73. The highest BCUT2D eigenvalue weighted by Crippen LogP contribution is 2.24. The molecule has 2 rings (SSSR count). The first-order valence-electron chi connectivity index (χ1n) is 4.29. The van der Waals surface area contributed by atoms with Crippen LogP contribution >= 0.6 is 46.7 Å². The van der Waals surface area contributed by atoms with Crippen molar-refractivity contribution in [2.24, 2.45) is 0 Å². The summed E-state index contributed by atoms with van der Waals surface area (Å²) >= 11 is 9.51. The molecule has 0 aliphatic rings. The number of para-hydroxylation sites is 1. The molecule has 1 aromatic carbocycles. The fourth-order valence-corrected chi connectivity index (χ4v) is 3.43. The summed E-state index contributed by atoms with van der Waals surface area (Å²) in [5, 5.41) is 1.52. The fraction of sp³-hybridized carbons (Fsp3) is 0. The van der Waals surface area contributed by atoms with Crippen LogP contribution < -0.4 is 0 Å². The molecule has 1 heterocycles. The van der Waals surface area contributed by atoms with Crippen LogP contribution in [0.1, 0.15) is 0 Å². The number of halogens is 3. The lowest BCUT2D eigenvalue weighted by molar-refractivity contribution is 0.688. The summed E-state index contributed by atoms with van der Waals surface area (Å²) in [5.74, 6) is 0. The molecule has 0 radical (unpaired) electrons. The molecule has 0 fully saturated rings. The van der Waals surface area contributed by atoms with Gasteiger partial charge in [0.05, 0.1) is 13.5 Å². The Bertz CT molecular complexity index is 658. The second-order valence-electron chi connectivity index (χ2n) is 3.05. The maximum Gasteiger partial charge on any atom is 0.132 e. The van der Waals surface area contributed by atoms with Crippen LogP contribution in [-0.2, 0) is 7.96 Å². The molecule has 0 N–H and O–H groups in total. The first-order chi connectivity index (χ1) is 7.51. The first kappa shape index (κ1) is 12.5. The van der Waals surface area contributed by atoms with Gasteiger partial charge >= 0.3 is 0 Å². The molecule has 0 saturated heterocycles. The highest BCUT2D eigenvalue weighted by atomic mass is 79.9. The number of rotatable bonds is 1. The molecule has 2 aromatic rings. The topological polar surface area (TPSA) is 30.0 Å². The molecule has 0 spiro atoms. The summed E-state index contributed by atoms with van der Waals surface area (Å²) in [6, 6.07) is 11.4. The maximum absolute atomic E-state index is 12.3. The van der Waals surface area contributed by atoms with Crippen molar-refractivity contribution in [2.45, 2.75) is 5.03 Å². The second-order valence-corrected chi connectivity index (χ2v) is 11.3. The third kappa shape index (κ3) is 2.34. The third-order valence-corrected chi connectivity index (χ3v) is 10.5. The molecule has 1 atom stereocenters. The summed E-state index contributed by atoms with van der Waals surface area (Å²) in [6.07, 6.45) is 0. The Balaban J connectivity index is 2.75. The van der Waals surface area contributed by atoms with Gasteiger partial charge in [0, 0.05) is 20.2 Å². The van der Waals surface area contributed by atoms with Crippen LogP contribution in [0.4, 0.5) is 0 Å². The molecule has 1 unspecified atom stereocenters. The lowest BCUT2D eigenvalue weighted by atomic mass is 10.2. The van der Waals surface area contributed by atoms with E-state index in [0.717, 1.165) is 10.9 Å². The smallest absolute Gasteiger partial charge is 0.132 e. The largest absolute Gasteiger partial charge is 0.248 e. The summed E-state index contributed by atoms with van der Waals surface area (Å²) in [5.41, 5.74) is 0.827. The maximum atomic E-state index is 12.3. The second kappa shape index (κ2) is 4.76. The zero-order valence-electron chi connectivity index (χ0n) is 7.86. The number of aromatic nitrogens is 1. The molecule has 0 amide bonds. The van der Waals surface area contributed by atoms with Gasteiger partial charge in [-0.3, -0.25) is 0 Å². The molecule has 6 heteroatoms. The van der Waals surface area contributed by atoms with Gasteiger partial charge < -0.3 is 0 Å². The standard InChI is InChI=1S/C10H6Br3NOS/c11-10(12)16(13,15)9-6-5-7-3-1-2-4-8(7)14-9/h1-6H. The van der Waals surface area contributed by atoms with E-state index >= 15 is 0 Å². The Morgan fingerprint density at radius 1 is 1.12 bits per heavy atom. The van der Waals surface area contributed by atoms with Gasteiger partial charge in [0.25, 0.3) is 0 Å². The number of pyridine rings is 1. The van der Waals surface area contributed by atoms with Gasteiger partial charge in [-0.05, 0) is 44.0 Å². The normalized spacial score (nSPS) is 14.7. The predicted octanol–water partition coefficient (Wildman–Crippen LogP) is 4.07. The summed E-state index contributed by atoms with van der Waals surface area (Å²) in [7, 11) is -2.47. The average molecular weight is 428 g/mol. The molecular formula is C10H6Br3NOS. The lowest BCUT2D eigenvalue weighted by Gasteiger charge is -2.04. The minimum absolute atomic E-state index is 0.454. The van der Waals surface area contributed by atoms with Gasteiger partial charge in [0.2, 0.25) is 0 Å². The van der Waals surface area contributed by atoms with Gasteiger partial charge in [0.1, 0.15) is 7.71 Å². The van der Waals surface area contributed by atoms with E-state index in [1.54, 1.807) is 6.07 Å². The molecule has 16 heavy (non-hydrogen) atoms. The van der Waals surface area contributed by atoms with Crippen LogP contribution in [0.3, 0.4) is 0 Å². The van der Waals surface area contributed by atoms with Crippen molar-refractivity contribution in [3.63, 3.8) is 0 Å². The SMILES string of the molecule is O=S(Br)(=C(Br)Br)c1ccc2ccccc2n1. The van der Waals surface area contributed by atoms with Crippen molar-refractivity contribution in [1.82, 2.24) is 4.98 Å². The van der Waals surface area contributed by atoms with Crippen molar-refractivity contribution in [2.75, 3.05) is 0 Å². The van der Waals surface area contributed by atoms with E-state index in [9.17, 15) is 4.21 Å². The van der Waals surface area contributed by atoms with E-state index < -0.39 is 7.96 Å². The van der Waals surface area contributed by atoms with Crippen LogP contribution in [0.2, 0.25) is 0 Å². The fourth-order valence-electron chi connectivity index (χ4n) is 1.27. The molecular weight excluding hydrogens is 422 g/mol. The van der Waals surface area contributed by atoms with Gasteiger partial charge in [0.15, 0.2) is 0 Å². The van der Waals surface area contributed by atoms with Gasteiger partial charge in [-0.2, -0.15) is 0 Å². The molecule has 2 nitrogen and oxygen atoms in total. The quantitative estimate of drug-likeness (QED) is 0.507. The predicted molar refractivity (Wildman–Crippen MR) is 79.9 cm³/mol. The van der Waals surface area contributed by atoms with E-state index in [-0.39, 0.29) is 0 Å². The molecule has 0 aliphatic carbocycles. The lowest BCUT2D eigenvalue weighted by Crippen LogP contribution is -1.99. The monoisotopic (exact) mass is 425 g/mol. The number of fused-ring (bicyclic) bond motifs is 1. The Hall–Kier alpha value is 0.0900. The summed E-state index contributed by atoms with van der Waals surface area (Å²) in [6.45, 7) is 0. The van der Waals surface area contributed by atoms with E-state index in [1.165, 1.54) is 0 Å². The number of hydrogen-bond acceptors (Lipinski definition) is 2. The van der Waals surface area contributed by atoms with Crippen LogP contribution in [0.15, 0.2) is 41.4 Å². The Morgan fingerprint density at radius 3 is 2.50 bits per heavy atom. The first-order valence-corrected chi connectivity index (χ1v) is 9.28. The van der Waals surface area contributed by atoms with E-state index in [2.05, 4.69) is 51.7 Å². The van der Waals surface area contributed by atoms with Crippen molar-refractivity contribution in [1.29, 1.82) is 0 Å². The molecule has 0 bridgehead atoms. The number of hydrogen-bond donors (Lipinski definition) is 0. The van der Waals surface area contributed by atoms with Gasteiger partial charge in [-0.15, -0.1) is 0 Å². The van der Waals surface area contributed by atoms with Crippen molar-refractivity contribution < 1.29 is 4.21 Å². The Labute approximate surface area is 118 Å². The summed E-state index contributed by atoms with van der Waals surface area (Å²) in [4.78, 5) is 4.36.